The van der Waals surface area contributed by atoms with E-state index in [1.54, 1.807) is 12.1 Å². The van der Waals surface area contributed by atoms with Crippen LogP contribution in [0, 0.1) is 11.7 Å². The second kappa shape index (κ2) is 7.01. The van der Waals surface area contributed by atoms with Crippen LogP contribution in [-0.2, 0) is 0 Å². The molecule has 1 atom stereocenters. The van der Waals surface area contributed by atoms with Crippen LogP contribution in [0.15, 0.2) is 24.3 Å². The van der Waals surface area contributed by atoms with Crippen LogP contribution in [0.25, 0.3) is 0 Å². The topological polar surface area (TPSA) is 15.3 Å². The molecule has 19 heavy (non-hydrogen) atoms. The second-order valence-corrected chi connectivity index (χ2v) is 5.63. The van der Waals surface area contributed by atoms with Crippen molar-refractivity contribution in [1.82, 2.24) is 10.2 Å². The zero-order valence-electron chi connectivity index (χ0n) is 12.0. The standard InChI is InChI=1S/C16H25FN2/c1-3-18-16(14-6-4-5-7-15(14)17)10-11-19(2)12-13-8-9-13/h4-7,13,16,18H,3,8-12H2,1-2H3. The van der Waals surface area contributed by atoms with E-state index in [0.717, 1.165) is 31.0 Å². The predicted molar refractivity (Wildman–Crippen MR) is 77.7 cm³/mol. The Morgan fingerprint density at radius 1 is 1.37 bits per heavy atom. The summed E-state index contributed by atoms with van der Waals surface area (Å²) in [5.41, 5.74) is 0.796. The smallest absolute Gasteiger partial charge is 0.127 e. The summed E-state index contributed by atoms with van der Waals surface area (Å²) in [6.45, 7) is 5.14. The lowest BCUT2D eigenvalue weighted by Gasteiger charge is -2.23. The first-order chi connectivity index (χ1) is 9.20. The molecule has 1 fully saturated rings. The Hall–Kier alpha value is -0.930. The Labute approximate surface area is 116 Å². The highest BCUT2D eigenvalue weighted by Crippen LogP contribution is 2.29. The van der Waals surface area contributed by atoms with E-state index in [1.807, 2.05) is 12.1 Å². The fourth-order valence-corrected chi connectivity index (χ4v) is 2.55. The molecule has 0 radical (unpaired) electrons. The summed E-state index contributed by atoms with van der Waals surface area (Å²) in [6, 6.07) is 7.22. The summed E-state index contributed by atoms with van der Waals surface area (Å²) in [4.78, 5) is 2.38. The van der Waals surface area contributed by atoms with E-state index >= 15 is 0 Å². The largest absolute Gasteiger partial charge is 0.310 e. The van der Waals surface area contributed by atoms with E-state index in [4.69, 9.17) is 0 Å². The van der Waals surface area contributed by atoms with Gasteiger partial charge >= 0.3 is 0 Å². The SMILES string of the molecule is CCNC(CCN(C)CC1CC1)c1ccccc1F. The molecule has 3 heteroatoms. The summed E-state index contributed by atoms with van der Waals surface area (Å²) in [5, 5.41) is 3.40. The summed E-state index contributed by atoms with van der Waals surface area (Å²) < 4.78 is 13.9. The highest BCUT2D eigenvalue weighted by Gasteiger charge is 2.23. The maximum atomic E-state index is 13.9. The molecule has 0 saturated heterocycles. The first-order valence-electron chi connectivity index (χ1n) is 7.37. The van der Waals surface area contributed by atoms with Gasteiger partial charge in [0.05, 0.1) is 0 Å². The molecule has 2 nitrogen and oxygen atoms in total. The maximum absolute atomic E-state index is 13.9. The van der Waals surface area contributed by atoms with Gasteiger partial charge in [0.15, 0.2) is 0 Å². The zero-order valence-corrected chi connectivity index (χ0v) is 12.0. The van der Waals surface area contributed by atoms with Crippen LogP contribution in [0.2, 0.25) is 0 Å². The third kappa shape index (κ3) is 4.59. The molecule has 1 aliphatic rings. The summed E-state index contributed by atoms with van der Waals surface area (Å²) >= 11 is 0. The van der Waals surface area contributed by atoms with Crippen molar-refractivity contribution in [2.45, 2.75) is 32.2 Å². The number of rotatable bonds is 8. The minimum atomic E-state index is -0.0988. The minimum Gasteiger partial charge on any atom is -0.310 e. The van der Waals surface area contributed by atoms with Gasteiger partial charge in [0.25, 0.3) is 0 Å². The van der Waals surface area contributed by atoms with Crippen LogP contribution in [-0.4, -0.2) is 31.6 Å². The predicted octanol–water partition coefficient (Wildman–Crippen LogP) is 3.21. The number of nitrogens with one attached hydrogen (secondary N) is 1. The van der Waals surface area contributed by atoms with Gasteiger partial charge in [-0.3, -0.25) is 0 Å². The van der Waals surface area contributed by atoms with Crippen molar-refractivity contribution in [3.8, 4) is 0 Å². The third-order valence-corrected chi connectivity index (χ3v) is 3.80. The molecule has 106 valence electrons. The Morgan fingerprint density at radius 3 is 2.74 bits per heavy atom. The minimum absolute atomic E-state index is 0.0988. The van der Waals surface area contributed by atoms with Gasteiger partial charge in [-0.15, -0.1) is 0 Å². The summed E-state index contributed by atoms with van der Waals surface area (Å²) in [5.74, 6) is 0.814. The van der Waals surface area contributed by atoms with E-state index in [2.05, 4.69) is 24.2 Å². The van der Waals surface area contributed by atoms with E-state index in [1.165, 1.54) is 19.4 Å². The van der Waals surface area contributed by atoms with Crippen molar-refractivity contribution in [3.05, 3.63) is 35.6 Å². The molecule has 0 amide bonds. The lowest BCUT2D eigenvalue weighted by atomic mass is 10.0. The van der Waals surface area contributed by atoms with E-state index in [-0.39, 0.29) is 11.9 Å². The average molecular weight is 264 g/mol. The maximum Gasteiger partial charge on any atom is 0.127 e. The van der Waals surface area contributed by atoms with Crippen LogP contribution in [0.1, 0.15) is 37.8 Å². The van der Waals surface area contributed by atoms with Crippen LogP contribution < -0.4 is 5.32 Å². The van der Waals surface area contributed by atoms with Crippen LogP contribution in [0.4, 0.5) is 4.39 Å². The van der Waals surface area contributed by atoms with E-state index in [9.17, 15) is 4.39 Å². The first kappa shape index (κ1) is 14.5. The number of hydrogen-bond donors (Lipinski definition) is 1. The van der Waals surface area contributed by atoms with Gasteiger partial charge in [-0.05, 0) is 51.4 Å². The number of nitrogens with zero attached hydrogens (tertiary/aromatic N) is 1. The van der Waals surface area contributed by atoms with Crippen LogP contribution >= 0.6 is 0 Å². The van der Waals surface area contributed by atoms with Gasteiger partial charge in [-0.2, -0.15) is 0 Å². The Kier molecular flexibility index (Phi) is 5.34. The van der Waals surface area contributed by atoms with Crippen molar-refractivity contribution >= 4 is 0 Å². The van der Waals surface area contributed by atoms with Gasteiger partial charge in [0.1, 0.15) is 5.82 Å². The molecule has 1 saturated carbocycles. The third-order valence-electron chi connectivity index (χ3n) is 3.80. The van der Waals surface area contributed by atoms with Gasteiger partial charge in [0.2, 0.25) is 0 Å². The molecule has 1 aromatic rings. The van der Waals surface area contributed by atoms with Crippen LogP contribution in [0.5, 0.6) is 0 Å². The van der Waals surface area contributed by atoms with Gasteiger partial charge in [-0.1, -0.05) is 25.1 Å². The molecular weight excluding hydrogens is 239 g/mol. The highest BCUT2D eigenvalue weighted by molar-refractivity contribution is 5.21. The van der Waals surface area contributed by atoms with Gasteiger partial charge in [-0.25, -0.2) is 4.39 Å². The Morgan fingerprint density at radius 2 is 2.11 bits per heavy atom. The molecule has 0 aliphatic heterocycles. The summed E-state index contributed by atoms with van der Waals surface area (Å²) in [7, 11) is 2.17. The molecule has 1 aromatic carbocycles. The van der Waals surface area contributed by atoms with E-state index < -0.39 is 0 Å². The molecule has 1 unspecified atom stereocenters. The average Bonchev–Trinajstić information content (AvgIpc) is 3.19. The molecule has 2 rings (SSSR count). The molecule has 0 aromatic heterocycles. The lowest BCUT2D eigenvalue weighted by molar-refractivity contribution is 0.295. The van der Waals surface area contributed by atoms with Crippen molar-refractivity contribution in [3.63, 3.8) is 0 Å². The quantitative estimate of drug-likeness (QED) is 0.775. The highest BCUT2D eigenvalue weighted by atomic mass is 19.1. The van der Waals surface area contributed by atoms with Gasteiger partial charge in [0, 0.05) is 18.2 Å². The van der Waals surface area contributed by atoms with Crippen LogP contribution in [0.3, 0.4) is 0 Å². The summed E-state index contributed by atoms with van der Waals surface area (Å²) in [6.07, 6.45) is 3.72. The second-order valence-electron chi connectivity index (χ2n) is 5.63. The van der Waals surface area contributed by atoms with Crippen molar-refractivity contribution in [1.29, 1.82) is 0 Å². The Bertz CT molecular complexity index is 390. The van der Waals surface area contributed by atoms with Crippen molar-refractivity contribution in [2.24, 2.45) is 5.92 Å². The van der Waals surface area contributed by atoms with Gasteiger partial charge < -0.3 is 10.2 Å². The lowest BCUT2D eigenvalue weighted by Crippen LogP contribution is -2.29. The molecular formula is C16H25FN2. The van der Waals surface area contributed by atoms with Crippen molar-refractivity contribution in [2.75, 3.05) is 26.7 Å². The fraction of sp³-hybridized carbons (Fsp3) is 0.625. The number of benzene rings is 1. The van der Waals surface area contributed by atoms with Crippen molar-refractivity contribution < 1.29 is 4.39 Å². The normalized spacial score (nSPS) is 16.8. The van der Waals surface area contributed by atoms with E-state index in [0.29, 0.717) is 0 Å². The number of halogens is 1. The zero-order chi connectivity index (χ0) is 13.7. The molecule has 0 heterocycles. The Balaban J connectivity index is 1.89. The fourth-order valence-electron chi connectivity index (χ4n) is 2.55. The molecule has 0 spiro atoms. The first-order valence-corrected chi connectivity index (χ1v) is 7.37. The monoisotopic (exact) mass is 264 g/mol. The molecule has 1 aliphatic carbocycles. The molecule has 0 bridgehead atoms. The molecule has 1 N–H and O–H groups in total. The number of hydrogen-bond acceptors (Lipinski definition) is 2.